The van der Waals surface area contributed by atoms with Crippen LogP contribution in [0.2, 0.25) is 0 Å². The largest absolute Gasteiger partial charge is 0.378 e. The molecule has 1 aromatic rings. The van der Waals surface area contributed by atoms with Crippen LogP contribution in [0.25, 0.3) is 6.08 Å². The van der Waals surface area contributed by atoms with E-state index >= 15 is 0 Å². The van der Waals surface area contributed by atoms with E-state index in [-0.39, 0.29) is 0 Å². The quantitative estimate of drug-likeness (QED) is 0.725. The molecule has 22 heavy (non-hydrogen) atoms. The van der Waals surface area contributed by atoms with Gasteiger partial charge in [-0.25, -0.2) is 4.99 Å². The van der Waals surface area contributed by atoms with Crippen molar-refractivity contribution in [3.8, 4) is 0 Å². The van der Waals surface area contributed by atoms with Crippen molar-refractivity contribution in [2.24, 2.45) is 10.7 Å². The molecule has 0 radical (unpaired) electrons. The third kappa shape index (κ3) is 6.08. The van der Waals surface area contributed by atoms with Gasteiger partial charge in [-0.15, -0.1) is 0 Å². The fourth-order valence-corrected chi connectivity index (χ4v) is 2.94. The second-order valence-electron chi connectivity index (χ2n) is 5.30. The zero-order valence-corrected chi connectivity index (χ0v) is 13.9. The highest BCUT2D eigenvalue weighted by Crippen LogP contribution is 2.18. The molecule has 1 aliphatic heterocycles. The summed E-state index contributed by atoms with van der Waals surface area (Å²) in [5, 5.41) is 0.673. The number of aliphatic imine (C=N–C) groups is 1. The van der Waals surface area contributed by atoms with Crippen LogP contribution in [-0.4, -0.2) is 17.5 Å². The number of thioether (sulfide) groups is 1. The van der Waals surface area contributed by atoms with Crippen LogP contribution < -0.4 is 5.73 Å². The van der Waals surface area contributed by atoms with Crippen LogP contribution >= 0.6 is 11.8 Å². The highest BCUT2D eigenvalue weighted by atomic mass is 32.2. The monoisotopic (exact) mass is 316 g/mol. The van der Waals surface area contributed by atoms with Gasteiger partial charge < -0.3 is 10.5 Å². The third-order valence-electron chi connectivity index (χ3n) is 3.40. The molecule has 2 rings (SSSR count). The van der Waals surface area contributed by atoms with E-state index < -0.39 is 0 Å². The van der Waals surface area contributed by atoms with Crippen LogP contribution in [-0.2, 0) is 11.3 Å². The van der Waals surface area contributed by atoms with E-state index in [1.807, 2.05) is 13.1 Å². The summed E-state index contributed by atoms with van der Waals surface area (Å²) in [4.78, 5) is 4.15. The van der Waals surface area contributed by atoms with E-state index in [9.17, 15) is 0 Å². The minimum absolute atomic E-state index is 0.673. The molecule has 0 saturated heterocycles. The summed E-state index contributed by atoms with van der Waals surface area (Å²) in [7, 11) is 0. The van der Waals surface area contributed by atoms with E-state index in [2.05, 4.69) is 41.4 Å². The van der Waals surface area contributed by atoms with E-state index in [0.717, 1.165) is 31.6 Å². The average Bonchev–Trinajstić information content (AvgIpc) is 2.53. The standard InChI is InChI=1S/C18H24N2OS/c1-2-6-15-8-5-9-16(11-15)13-21-10-4-3-7-17-12-20-18(19)22-14-17/h2,5-6,8-9,11-12H,3-4,7,10,13-14H2,1H3,(H2,19,20)/b6-2+. The second kappa shape index (κ2) is 9.49. The maximum Gasteiger partial charge on any atom is 0.158 e. The van der Waals surface area contributed by atoms with Gasteiger partial charge in [-0.1, -0.05) is 42.1 Å². The van der Waals surface area contributed by atoms with E-state index in [1.54, 1.807) is 11.8 Å². The molecule has 1 aliphatic rings. The summed E-state index contributed by atoms with van der Waals surface area (Å²) in [6.45, 7) is 3.52. The van der Waals surface area contributed by atoms with E-state index in [4.69, 9.17) is 10.5 Å². The van der Waals surface area contributed by atoms with Gasteiger partial charge in [0, 0.05) is 18.6 Å². The SMILES string of the molecule is C/C=C/c1cccc(COCCCCC2=CN=C(N)SC2)c1. The molecule has 4 heteroatoms. The predicted molar refractivity (Wildman–Crippen MR) is 96.8 cm³/mol. The van der Waals surface area contributed by atoms with Crippen LogP contribution in [0.3, 0.4) is 0 Å². The smallest absolute Gasteiger partial charge is 0.158 e. The molecule has 1 aromatic carbocycles. The summed E-state index contributed by atoms with van der Waals surface area (Å²) in [5.41, 5.74) is 9.45. The van der Waals surface area contributed by atoms with Gasteiger partial charge in [-0.05, 0) is 49.0 Å². The normalized spacial score (nSPS) is 15.0. The lowest BCUT2D eigenvalue weighted by atomic mass is 10.1. The predicted octanol–water partition coefficient (Wildman–Crippen LogP) is 4.35. The molecule has 0 saturated carbocycles. The molecule has 1 heterocycles. The van der Waals surface area contributed by atoms with Crippen molar-refractivity contribution in [3.05, 3.63) is 53.2 Å². The van der Waals surface area contributed by atoms with Crippen molar-refractivity contribution in [3.63, 3.8) is 0 Å². The van der Waals surface area contributed by atoms with Crippen molar-refractivity contribution in [1.29, 1.82) is 0 Å². The van der Waals surface area contributed by atoms with Gasteiger partial charge in [0.05, 0.1) is 6.61 Å². The van der Waals surface area contributed by atoms with Gasteiger partial charge in [-0.3, -0.25) is 0 Å². The summed E-state index contributed by atoms with van der Waals surface area (Å²) >= 11 is 1.62. The number of hydrogen-bond donors (Lipinski definition) is 1. The van der Waals surface area contributed by atoms with Crippen molar-refractivity contribution in [1.82, 2.24) is 0 Å². The molecule has 2 N–H and O–H groups in total. The molecule has 3 nitrogen and oxygen atoms in total. The first-order valence-corrected chi connectivity index (χ1v) is 8.70. The maximum absolute atomic E-state index is 5.76. The minimum atomic E-state index is 0.673. The van der Waals surface area contributed by atoms with E-state index in [0.29, 0.717) is 11.8 Å². The van der Waals surface area contributed by atoms with Gasteiger partial charge in [0.15, 0.2) is 5.17 Å². The zero-order chi connectivity index (χ0) is 15.6. The van der Waals surface area contributed by atoms with Crippen LogP contribution in [0.4, 0.5) is 0 Å². The lowest BCUT2D eigenvalue weighted by Gasteiger charge is -2.10. The first-order chi connectivity index (χ1) is 10.8. The van der Waals surface area contributed by atoms with Crippen LogP contribution in [0.5, 0.6) is 0 Å². The zero-order valence-electron chi connectivity index (χ0n) is 13.1. The summed E-state index contributed by atoms with van der Waals surface area (Å²) in [6, 6.07) is 8.47. The van der Waals surface area contributed by atoms with Crippen LogP contribution in [0.1, 0.15) is 37.3 Å². The molecule has 0 aliphatic carbocycles. The van der Waals surface area contributed by atoms with Crippen LogP contribution in [0.15, 0.2) is 47.1 Å². The van der Waals surface area contributed by atoms with Gasteiger partial charge in [0.1, 0.15) is 0 Å². The number of rotatable bonds is 8. The molecule has 0 amide bonds. The average molecular weight is 316 g/mol. The summed E-state index contributed by atoms with van der Waals surface area (Å²) in [6.07, 6.45) is 9.38. The van der Waals surface area contributed by atoms with Crippen molar-refractivity contribution >= 4 is 23.0 Å². The second-order valence-corrected chi connectivity index (χ2v) is 6.29. The Morgan fingerprint density at radius 1 is 1.36 bits per heavy atom. The lowest BCUT2D eigenvalue weighted by Crippen LogP contribution is -2.10. The number of amidine groups is 1. The molecule has 118 valence electrons. The number of hydrogen-bond acceptors (Lipinski definition) is 4. The fourth-order valence-electron chi connectivity index (χ4n) is 2.26. The Morgan fingerprint density at radius 3 is 3.05 bits per heavy atom. The molecular formula is C18H24N2OS. The third-order valence-corrected chi connectivity index (χ3v) is 4.31. The highest BCUT2D eigenvalue weighted by Gasteiger charge is 2.05. The van der Waals surface area contributed by atoms with E-state index in [1.165, 1.54) is 16.7 Å². The van der Waals surface area contributed by atoms with Crippen molar-refractivity contribution < 1.29 is 4.74 Å². The Morgan fingerprint density at radius 2 is 2.27 bits per heavy atom. The molecule has 0 unspecified atom stereocenters. The summed E-state index contributed by atoms with van der Waals surface area (Å²) in [5.74, 6) is 0.980. The Bertz CT molecular complexity index is 564. The molecule has 0 aromatic heterocycles. The highest BCUT2D eigenvalue weighted by molar-refractivity contribution is 8.14. The molecule has 0 fully saturated rings. The molecule has 0 bridgehead atoms. The summed E-state index contributed by atoms with van der Waals surface area (Å²) < 4.78 is 5.76. The Labute approximate surface area is 137 Å². The number of ether oxygens (including phenoxy) is 1. The first-order valence-electron chi connectivity index (χ1n) is 7.71. The van der Waals surface area contributed by atoms with Gasteiger partial charge in [-0.2, -0.15) is 0 Å². The Hall–Kier alpha value is -1.52. The van der Waals surface area contributed by atoms with Crippen molar-refractivity contribution in [2.75, 3.05) is 12.4 Å². The fraction of sp³-hybridized carbons (Fsp3) is 0.389. The number of allylic oxidation sites excluding steroid dienone is 1. The van der Waals surface area contributed by atoms with Crippen LogP contribution in [0, 0.1) is 0 Å². The van der Waals surface area contributed by atoms with Gasteiger partial charge in [0.2, 0.25) is 0 Å². The topological polar surface area (TPSA) is 47.6 Å². The minimum Gasteiger partial charge on any atom is -0.378 e. The lowest BCUT2D eigenvalue weighted by molar-refractivity contribution is 0.117. The van der Waals surface area contributed by atoms with Gasteiger partial charge >= 0.3 is 0 Å². The molecule has 0 spiro atoms. The molecule has 0 atom stereocenters. The Balaban J connectivity index is 1.60. The number of benzene rings is 1. The maximum atomic E-state index is 5.76. The number of unbranched alkanes of at least 4 members (excludes halogenated alkanes) is 1. The number of nitrogens with two attached hydrogens (primary N) is 1. The molecular weight excluding hydrogens is 292 g/mol. The first kappa shape index (κ1) is 16.8. The number of nitrogens with zero attached hydrogens (tertiary/aromatic N) is 1. The Kier molecular flexibility index (Phi) is 7.26. The van der Waals surface area contributed by atoms with Gasteiger partial charge in [0.25, 0.3) is 0 Å². The van der Waals surface area contributed by atoms with Crippen molar-refractivity contribution in [2.45, 2.75) is 32.8 Å².